The molecule has 0 amide bonds. The number of nitrogens with one attached hydrogen (secondary N) is 1. The van der Waals surface area contributed by atoms with E-state index in [1.54, 1.807) is 23.1 Å². The summed E-state index contributed by atoms with van der Waals surface area (Å²) >= 11 is 3.12. The van der Waals surface area contributed by atoms with Crippen LogP contribution in [0.4, 0.5) is 5.13 Å². The van der Waals surface area contributed by atoms with Crippen LogP contribution < -0.4 is 10.2 Å². The van der Waals surface area contributed by atoms with Crippen LogP contribution >= 0.6 is 23.1 Å². The van der Waals surface area contributed by atoms with E-state index in [0.717, 1.165) is 22.4 Å². The van der Waals surface area contributed by atoms with Gasteiger partial charge in [0.1, 0.15) is 5.54 Å². The Bertz CT molecular complexity index is 412. The van der Waals surface area contributed by atoms with Crippen molar-refractivity contribution in [1.82, 2.24) is 15.5 Å². The summed E-state index contributed by atoms with van der Waals surface area (Å²) in [6, 6.07) is 2.33. The van der Waals surface area contributed by atoms with Crippen molar-refractivity contribution in [2.24, 2.45) is 0 Å². The van der Waals surface area contributed by atoms with Crippen molar-refractivity contribution < 1.29 is 0 Å². The second-order valence-electron chi connectivity index (χ2n) is 4.40. The summed E-state index contributed by atoms with van der Waals surface area (Å²) in [6.07, 6.45) is 1.02. The summed E-state index contributed by atoms with van der Waals surface area (Å²) < 4.78 is 0.901. The quantitative estimate of drug-likeness (QED) is 0.773. The topological polar surface area (TPSA) is 64.8 Å². The standard InChI is InChI=1S/C11H19N5S2/c1-5-6-13-11(2,7-12)8-17-10-15-14-9(18-10)16(3)4/h13H,5-6,8H2,1-4H3. The van der Waals surface area contributed by atoms with Crippen molar-refractivity contribution in [2.45, 2.75) is 30.1 Å². The SMILES string of the molecule is CCCNC(C)(C#N)CSc1nnc(N(C)C)s1. The van der Waals surface area contributed by atoms with E-state index in [-0.39, 0.29) is 0 Å². The molecule has 1 atom stereocenters. The van der Waals surface area contributed by atoms with Crippen molar-refractivity contribution in [3.8, 4) is 6.07 Å². The molecule has 0 saturated carbocycles. The minimum atomic E-state index is -0.509. The molecule has 5 nitrogen and oxygen atoms in total. The molecule has 0 saturated heterocycles. The molecular weight excluding hydrogens is 266 g/mol. The Hall–Kier alpha value is -0.840. The van der Waals surface area contributed by atoms with Gasteiger partial charge < -0.3 is 4.90 Å². The molecule has 0 radical (unpaired) electrons. The normalized spacial score (nSPS) is 13.9. The van der Waals surface area contributed by atoms with Crippen molar-refractivity contribution in [3.05, 3.63) is 0 Å². The maximum Gasteiger partial charge on any atom is 0.208 e. The van der Waals surface area contributed by atoms with E-state index in [2.05, 4.69) is 28.5 Å². The Morgan fingerprint density at radius 3 is 2.72 bits per heavy atom. The second-order valence-corrected chi connectivity index (χ2v) is 6.58. The molecule has 18 heavy (non-hydrogen) atoms. The zero-order valence-corrected chi connectivity index (χ0v) is 12.9. The van der Waals surface area contributed by atoms with Gasteiger partial charge in [-0.15, -0.1) is 10.2 Å². The van der Waals surface area contributed by atoms with E-state index in [1.165, 1.54) is 0 Å². The molecule has 0 aromatic carbocycles. The number of aromatic nitrogens is 2. The van der Waals surface area contributed by atoms with Gasteiger partial charge in [0.05, 0.1) is 6.07 Å². The van der Waals surface area contributed by atoms with Gasteiger partial charge in [0.25, 0.3) is 0 Å². The van der Waals surface area contributed by atoms with E-state index in [9.17, 15) is 5.26 Å². The molecule has 0 fully saturated rings. The number of anilines is 1. The van der Waals surface area contributed by atoms with Crippen LogP contribution in [-0.2, 0) is 0 Å². The second kappa shape index (κ2) is 6.92. The zero-order valence-electron chi connectivity index (χ0n) is 11.2. The van der Waals surface area contributed by atoms with Crippen LogP contribution in [0.25, 0.3) is 0 Å². The number of nitriles is 1. The van der Waals surface area contributed by atoms with Gasteiger partial charge >= 0.3 is 0 Å². The summed E-state index contributed by atoms with van der Waals surface area (Å²) in [7, 11) is 3.88. The number of nitrogens with zero attached hydrogens (tertiary/aromatic N) is 4. The maximum absolute atomic E-state index is 9.22. The molecule has 0 aliphatic carbocycles. The predicted octanol–water partition coefficient (Wildman–Crippen LogP) is 1.98. The number of hydrogen-bond acceptors (Lipinski definition) is 7. The lowest BCUT2D eigenvalue weighted by atomic mass is 10.1. The summed E-state index contributed by atoms with van der Waals surface area (Å²) in [5.41, 5.74) is -0.509. The van der Waals surface area contributed by atoms with E-state index in [0.29, 0.717) is 5.75 Å². The van der Waals surface area contributed by atoms with Crippen LogP contribution in [0.2, 0.25) is 0 Å². The highest BCUT2D eigenvalue weighted by Gasteiger charge is 2.23. The molecular formula is C11H19N5S2. The molecule has 1 heterocycles. The lowest BCUT2D eigenvalue weighted by Gasteiger charge is -2.21. The van der Waals surface area contributed by atoms with Gasteiger partial charge in [-0.2, -0.15) is 5.26 Å². The van der Waals surface area contributed by atoms with Crippen LogP contribution in [0.15, 0.2) is 4.34 Å². The smallest absolute Gasteiger partial charge is 0.208 e. The van der Waals surface area contributed by atoms with Crippen LogP contribution in [-0.4, -0.2) is 42.1 Å². The number of thioether (sulfide) groups is 1. The molecule has 1 rings (SSSR count). The average molecular weight is 285 g/mol. The van der Waals surface area contributed by atoms with Crippen LogP contribution in [0.5, 0.6) is 0 Å². The summed E-state index contributed by atoms with van der Waals surface area (Å²) in [5.74, 6) is 0.672. The van der Waals surface area contributed by atoms with Crippen LogP contribution in [0.3, 0.4) is 0 Å². The number of rotatable bonds is 7. The summed E-state index contributed by atoms with van der Waals surface area (Å²) in [5, 5.41) is 21.5. The van der Waals surface area contributed by atoms with Crippen molar-refractivity contribution in [3.63, 3.8) is 0 Å². The Labute approximate surface area is 117 Å². The van der Waals surface area contributed by atoms with E-state index in [4.69, 9.17) is 0 Å². The van der Waals surface area contributed by atoms with Gasteiger partial charge in [-0.1, -0.05) is 30.0 Å². The Morgan fingerprint density at radius 2 is 2.22 bits per heavy atom. The minimum absolute atomic E-state index is 0.509. The Kier molecular flexibility index (Phi) is 5.85. The Morgan fingerprint density at radius 1 is 1.50 bits per heavy atom. The molecule has 0 spiro atoms. The number of hydrogen-bond donors (Lipinski definition) is 1. The fourth-order valence-electron chi connectivity index (χ4n) is 1.17. The molecule has 1 aromatic rings. The third kappa shape index (κ3) is 4.44. The first-order valence-corrected chi connectivity index (χ1v) is 7.61. The molecule has 0 aliphatic rings. The van der Waals surface area contributed by atoms with E-state index in [1.807, 2.05) is 25.9 Å². The molecule has 7 heteroatoms. The molecule has 1 N–H and O–H groups in total. The van der Waals surface area contributed by atoms with E-state index >= 15 is 0 Å². The summed E-state index contributed by atoms with van der Waals surface area (Å²) in [6.45, 7) is 4.86. The van der Waals surface area contributed by atoms with Crippen LogP contribution in [0, 0.1) is 11.3 Å². The third-order valence-electron chi connectivity index (χ3n) is 2.27. The molecule has 0 aliphatic heterocycles. The highest BCUT2D eigenvalue weighted by Crippen LogP contribution is 2.28. The predicted molar refractivity (Wildman–Crippen MR) is 77.3 cm³/mol. The Balaban J connectivity index is 2.54. The first-order valence-electron chi connectivity index (χ1n) is 5.80. The zero-order chi connectivity index (χ0) is 13.6. The highest BCUT2D eigenvalue weighted by molar-refractivity contribution is 8.01. The molecule has 1 unspecified atom stereocenters. The van der Waals surface area contributed by atoms with Gasteiger partial charge in [-0.3, -0.25) is 5.32 Å². The van der Waals surface area contributed by atoms with Crippen molar-refractivity contribution in [2.75, 3.05) is 31.3 Å². The first-order chi connectivity index (χ1) is 8.50. The van der Waals surface area contributed by atoms with Crippen LogP contribution in [0.1, 0.15) is 20.3 Å². The van der Waals surface area contributed by atoms with Crippen molar-refractivity contribution >= 4 is 28.2 Å². The molecule has 100 valence electrons. The average Bonchev–Trinajstić information content (AvgIpc) is 2.83. The van der Waals surface area contributed by atoms with Gasteiger partial charge in [0.2, 0.25) is 5.13 Å². The van der Waals surface area contributed by atoms with Gasteiger partial charge in [0, 0.05) is 19.8 Å². The monoisotopic (exact) mass is 285 g/mol. The highest BCUT2D eigenvalue weighted by atomic mass is 32.2. The lowest BCUT2D eigenvalue weighted by Crippen LogP contribution is -2.43. The maximum atomic E-state index is 9.22. The molecule has 1 aromatic heterocycles. The van der Waals surface area contributed by atoms with Gasteiger partial charge in [-0.25, -0.2) is 0 Å². The third-order valence-corrected chi connectivity index (χ3v) is 4.81. The lowest BCUT2D eigenvalue weighted by molar-refractivity contribution is 0.493. The minimum Gasteiger partial charge on any atom is -0.353 e. The molecule has 0 bridgehead atoms. The van der Waals surface area contributed by atoms with Gasteiger partial charge in [0.15, 0.2) is 4.34 Å². The summed E-state index contributed by atoms with van der Waals surface area (Å²) in [4.78, 5) is 1.93. The first kappa shape index (κ1) is 15.2. The fraction of sp³-hybridized carbons (Fsp3) is 0.727. The largest absolute Gasteiger partial charge is 0.353 e. The fourth-order valence-corrected chi connectivity index (χ4v) is 2.99. The van der Waals surface area contributed by atoms with Crippen molar-refractivity contribution in [1.29, 1.82) is 5.26 Å². The van der Waals surface area contributed by atoms with Gasteiger partial charge in [-0.05, 0) is 19.9 Å². The van der Waals surface area contributed by atoms with E-state index < -0.39 is 5.54 Å².